The number of aromatic amines is 1. The van der Waals surface area contributed by atoms with Gasteiger partial charge < -0.3 is 10.5 Å². The van der Waals surface area contributed by atoms with Crippen LogP contribution in [0.25, 0.3) is 5.69 Å². The maximum atomic E-state index is 11.8. The molecule has 0 amide bonds. The molecule has 1 aromatic heterocycles. The molecule has 0 aliphatic rings. The van der Waals surface area contributed by atoms with E-state index in [0.29, 0.717) is 17.3 Å². The van der Waals surface area contributed by atoms with Crippen molar-refractivity contribution < 1.29 is 4.74 Å². The van der Waals surface area contributed by atoms with Gasteiger partial charge in [-0.25, -0.2) is 14.5 Å². The molecule has 0 aliphatic heterocycles. The Kier molecular flexibility index (Phi) is 3.53. The largest absolute Gasteiger partial charge is 0.457 e. The summed E-state index contributed by atoms with van der Waals surface area (Å²) >= 11 is 0. The van der Waals surface area contributed by atoms with E-state index in [1.807, 2.05) is 42.5 Å². The zero-order chi connectivity index (χ0) is 14.7. The SMILES string of the molecule is NCc1n[nH]c(=O)n1-c1cccc(Oc2ccccc2)c1. The summed E-state index contributed by atoms with van der Waals surface area (Å²) in [5.74, 6) is 1.83. The highest BCUT2D eigenvalue weighted by molar-refractivity contribution is 5.41. The van der Waals surface area contributed by atoms with Gasteiger partial charge in [-0.1, -0.05) is 24.3 Å². The highest BCUT2D eigenvalue weighted by atomic mass is 16.5. The molecule has 0 unspecified atom stereocenters. The van der Waals surface area contributed by atoms with Crippen molar-refractivity contribution in [2.24, 2.45) is 5.73 Å². The van der Waals surface area contributed by atoms with E-state index in [-0.39, 0.29) is 12.2 Å². The van der Waals surface area contributed by atoms with Crippen LogP contribution in [-0.2, 0) is 6.54 Å². The smallest absolute Gasteiger partial charge is 0.347 e. The maximum Gasteiger partial charge on any atom is 0.347 e. The second-order valence-corrected chi connectivity index (χ2v) is 4.40. The van der Waals surface area contributed by atoms with Gasteiger partial charge in [-0.15, -0.1) is 0 Å². The van der Waals surface area contributed by atoms with Gasteiger partial charge in [0, 0.05) is 6.07 Å². The van der Waals surface area contributed by atoms with Crippen LogP contribution in [-0.4, -0.2) is 14.8 Å². The van der Waals surface area contributed by atoms with Crippen LogP contribution in [0.3, 0.4) is 0 Å². The third-order valence-electron chi connectivity index (χ3n) is 2.98. The first kappa shape index (κ1) is 13.1. The summed E-state index contributed by atoms with van der Waals surface area (Å²) in [6, 6.07) is 16.6. The molecular weight excluding hydrogens is 268 g/mol. The fourth-order valence-corrected chi connectivity index (χ4v) is 2.04. The Labute approximate surface area is 120 Å². The summed E-state index contributed by atoms with van der Waals surface area (Å²) in [5.41, 5.74) is 5.92. The van der Waals surface area contributed by atoms with Crippen molar-refractivity contribution in [3.63, 3.8) is 0 Å². The fraction of sp³-hybridized carbons (Fsp3) is 0.0667. The van der Waals surface area contributed by atoms with Gasteiger partial charge in [-0.3, -0.25) is 0 Å². The van der Waals surface area contributed by atoms with Crippen LogP contribution in [0.2, 0.25) is 0 Å². The zero-order valence-corrected chi connectivity index (χ0v) is 11.2. The molecule has 3 rings (SSSR count). The molecule has 3 aromatic rings. The number of rotatable bonds is 4. The number of hydrogen-bond donors (Lipinski definition) is 2. The Morgan fingerprint density at radius 1 is 1.10 bits per heavy atom. The Morgan fingerprint density at radius 2 is 1.86 bits per heavy atom. The predicted octanol–water partition coefficient (Wildman–Crippen LogP) is 1.81. The van der Waals surface area contributed by atoms with E-state index in [2.05, 4.69) is 10.2 Å². The van der Waals surface area contributed by atoms with E-state index >= 15 is 0 Å². The summed E-state index contributed by atoms with van der Waals surface area (Å²) in [4.78, 5) is 11.8. The molecule has 0 saturated carbocycles. The Bertz CT molecular complexity index is 793. The molecule has 0 spiro atoms. The molecule has 2 aromatic carbocycles. The van der Waals surface area contributed by atoms with Gasteiger partial charge in [-0.2, -0.15) is 5.10 Å². The monoisotopic (exact) mass is 282 g/mol. The van der Waals surface area contributed by atoms with Gasteiger partial charge >= 0.3 is 5.69 Å². The number of nitrogens with two attached hydrogens (primary N) is 1. The van der Waals surface area contributed by atoms with E-state index in [4.69, 9.17) is 10.5 Å². The van der Waals surface area contributed by atoms with Crippen LogP contribution in [0.15, 0.2) is 59.4 Å². The van der Waals surface area contributed by atoms with Crippen LogP contribution >= 0.6 is 0 Å². The maximum absolute atomic E-state index is 11.8. The fourth-order valence-electron chi connectivity index (χ4n) is 2.04. The molecule has 0 aliphatic carbocycles. The Morgan fingerprint density at radius 3 is 2.62 bits per heavy atom. The quantitative estimate of drug-likeness (QED) is 0.764. The summed E-state index contributed by atoms with van der Waals surface area (Å²) in [7, 11) is 0. The second kappa shape index (κ2) is 5.64. The number of nitrogens with one attached hydrogen (secondary N) is 1. The molecule has 21 heavy (non-hydrogen) atoms. The zero-order valence-electron chi connectivity index (χ0n) is 11.2. The predicted molar refractivity (Wildman–Crippen MR) is 78.6 cm³/mol. The van der Waals surface area contributed by atoms with E-state index in [1.165, 1.54) is 4.57 Å². The number of benzene rings is 2. The highest BCUT2D eigenvalue weighted by Gasteiger charge is 2.09. The van der Waals surface area contributed by atoms with Crippen LogP contribution < -0.4 is 16.2 Å². The standard InChI is InChI=1S/C15H14N4O2/c16-10-14-17-18-15(20)19(14)11-5-4-8-13(9-11)21-12-6-2-1-3-7-12/h1-9H,10,16H2,(H,18,20). The Hall–Kier alpha value is -2.86. The van der Waals surface area contributed by atoms with Crippen molar-refractivity contribution in [3.8, 4) is 17.2 Å². The lowest BCUT2D eigenvalue weighted by Gasteiger charge is -2.08. The van der Waals surface area contributed by atoms with Crippen molar-refractivity contribution in [1.29, 1.82) is 0 Å². The highest BCUT2D eigenvalue weighted by Crippen LogP contribution is 2.23. The molecule has 0 saturated heterocycles. The lowest BCUT2D eigenvalue weighted by molar-refractivity contribution is 0.482. The molecule has 1 heterocycles. The van der Waals surface area contributed by atoms with Crippen LogP contribution in [0.1, 0.15) is 5.82 Å². The van der Waals surface area contributed by atoms with Crippen LogP contribution in [0.4, 0.5) is 0 Å². The summed E-state index contributed by atoms with van der Waals surface area (Å²) in [5, 5.41) is 6.28. The minimum atomic E-state index is -0.327. The lowest BCUT2D eigenvalue weighted by atomic mass is 10.3. The van der Waals surface area contributed by atoms with Crippen molar-refractivity contribution in [3.05, 3.63) is 70.9 Å². The number of hydrogen-bond acceptors (Lipinski definition) is 4. The van der Waals surface area contributed by atoms with Crippen LogP contribution in [0.5, 0.6) is 11.5 Å². The number of nitrogens with zero attached hydrogens (tertiary/aromatic N) is 2. The number of H-pyrrole nitrogens is 1. The summed E-state index contributed by atoms with van der Waals surface area (Å²) in [6.45, 7) is 0.169. The number of para-hydroxylation sites is 1. The topological polar surface area (TPSA) is 85.9 Å². The molecular formula is C15H14N4O2. The normalized spacial score (nSPS) is 10.5. The minimum Gasteiger partial charge on any atom is -0.457 e. The summed E-state index contributed by atoms with van der Waals surface area (Å²) in [6.07, 6.45) is 0. The first-order valence-corrected chi connectivity index (χ1v) is 6.47. The first-order valence-electron chi connectivity index (χ1n) is 6.47. The molecule has 106 valence electrons. The molecule has 0 radical (unpaired) electrons. The second-order valence-electron chi connectivity index (χ2n) is 4.40. The van der Waals surface area contributed by atoms with Gasteiger partial charge in [0.1, 0.15) is 11.5 Å². The van der Waals surface area contributed by atoms with Gasteiger partial charge in [-0.05, 0) is 24.3 Å². The third kappa shape index (κ3) is 2.70. The van der Waals surface area contributed by atoms with Gasteiger partial charge in [0.25, 0.3) is 0 Å². The number of aromatic nitrogens is 3. The summed E-state index contributed by atoms with van der Waals surface area (Å²) < 4.78 is 7.18. The van der Waals surface area contributed by atoms with Crippen molar-refractivity contribution in [2.45, 2.75) is 6.54 Å². The first-order chi connectivity index (χ1) is 10.3. The molecule has 0 bridgehead atoms. The van der Waals surface area contributed by atoms with E-state index in [1.54, 1.807) is 12.1 Å². The molecule has 0 fully saturated rings. The average Bonchev–Trinajstić information content (AvgIpc) is 2.89. The number of ether oxygens (including phenoxy) is 1. The van der Waals surface area contributed by atoms with Crippen molar-refractivity contribution in [2.75, 3.05) is 0 Å². The molecule has 0 atom stereocenters. The van der Waals surface area contributed by atoms with Gasteiger partial charge in [0.05, 0.1) is 12.2 Å². The van der Waals surface area contributed by atoms with Gasteiger partial charge in [0.2, 0.25) is 0 Å². The lowest BCUT2D eigenvalue weighted by Crippen LogP contribution is -2.18. The van der Waals surface area contributed by atoms with E-state index < -0.39 is 0 Å². The van der Waals surface area contributed by atoms with Crippen LogP contribution in [0, 0.1) is 0 Å². The molecule has 3 N–H and O–H groups in total. The van der Waals surface area contributed by atoms with E-state index in [0.717, 1.165) is 5.75 Å². The van der Waals surface area contributed by atoms with E-state index in [9.17, 15) is 4.79 Å². The van der Waals surface area contributed by atoms with Crippen molar-refractivity contribution in [1.82, 2.24) is 14.8 Å². The minimum absolute atomic E-state index is 0.169. The van der Waals surface area contributed by atoms with Crippen molar-refractivity contribution >= 4 is 0 Å². The molecule has 6 nitrogen and oxygen atoms in total. The third-order valence-corrected chi connectivity index (χ3v) is 2.98. The van der Waals surface area contributed by atoms with Gasteiger partial charge in [0.15, 0.2) is 5.82 Å². The molecule has 6 heteroatoms. The average molecular weight is 282 g/mol. The Balaban J connectivity index is 1.97.